The summed E-state index contributed by atoms with van der Waals surface area (Å²) in [6, 6.07) is 6.16. The molecular formula is C19H24N4O. The predicted octanol–water partition coefficient (Wildman–Crippen LogP) is 3.71. The van der Waals surface area contributed by atoms with E-state index in [1.54, 1.807) is 12.4 Å². The van der Waals surface area contributed by atoms with Crippen molar-refractivity contribution in [3.05, 3.63) is 47.4 Å². The standard InChI is InChI=1S/C19H24N4O/c1-13-5-4-8-23(12-13)19(24)17-10-21-18(11-20-17)22-16-7-6-14(2)15(3)9-16/h6-7,9-11,13H,4-5,8,12H2,1-3H3,(H,21,22). The summed E-state index contributed by atoms with van der Waals surface area (Å²) in [5, 5.41) is 3.23. The zero-order chi connectivity index (χ0) is 17.1. The number of carbonyl (C=O) groups is 1. The first-order chi connectivity index (χ1) is 11.5. The number of hydrogen-bond acceptors (Lipinski definition) is 4. The van der Waals surface area contributed by atoms with E-state index in [-0.39, 0.29) is 5.91 Å². The van der Waals surface area contributed by atoms with Crippen molar-refractivity contribution < 1.29 is 4.79 Å². The van der Waals surface area contributed by atoms with Crippen LogP contribution in [0.1, 0.15) is 41.4 Å². The van der Waals surface area contributed by atoms with Crippen LogP contribution in [-0.2, 0) is 0 Å². The Balaban J connectivity index is 1.68. The maximum absolute atomic E-state index is 12.5. The number of aryl methyl sites for hydroxylation is 2. The third-order valence-corrected chi connectivity index (χ3v) is 4.59. The first-order valence-corrected chi connectivity index (χ1v) is 8.48. The van der Waals surface area contributed by atoms with Crippen molar-refractivity contribution in [2.24, 2.45) is 5.92 Å². The Hall–Kier alpha value is -2.43. The molecule has 126 valence electrons. The van der Waals surface area contributed by atoms with Gasteiger partial charge in [0.15, 0.2) is 0 Å². The summed E-state index contributed by atoms with van der Waals surface area (Å²) in [6.07, 6.45) is 5.43. The number of likely N-dealkylation sites (tertiary alicyclic amines) is 1. The fraction of sp³-hybridized carbons (Fsp3) is 0.421. The highest BCUT2D eigenvalue weighted by molar-refractivity contribution is 5.92. The zero-order valence-electron chi connectivity index (χ0n) is 14.5. The maximum atomic E-state index is 12.5. The van der Waals surface area contributed by atoms with Crippen LogP contribution in [0.25, 0.3) is 0 Å². The quantitative estimate of drug-likeness (QED) is 0.935. The molecule has 1 atom stereocenters. The molecule has 1 aromatic heterocycles. The summed E-state index contributed by atoms with van der Waals surface area (Å²) < 4.78 is 0. The van der Waals surface area contributed by atoms with Crippen LogP contribution >= 0.6 is 0 Å². The van der Waals surface area contributed by atoms with Crippen molar-refractivity contribution in [3.8, 4) is 0 Å². The lowest BCUT2D eigenvalue weighted by Gasteiger charge is -2.30. The highest BCUT2D eigenvalue weighted by Gasteiger charge is 2.23. The van der Waals surface area contributed by atoms with Crippen LogP contribution in [0.15, 0.2) is 30.6 Å². The molecule has 24 heavy (non-hydrogen) atoms. The Labute approximate surface area is 143 Å². The van der Waals surface area contributed by atoms with Gasteiger partial charge in [-0.3, -0.25) is 4.79 Å². The molecule has 3 rings (SSSR count). The number of nitrogens with zero attached hydrogens (tertiary/aromatic N) is 3. The van der Waals surface area contributed by atoms with Crippen LogP contribution in [0, 0.1) is 19.8 Å². The van der Waals surface area contributed by atoms with E-state index in [1.807, 2.05) is 11.0 Å². The molecule has 0 bridgehead atoms. The Morgan fingerprint density at radius 2 is 2.04 bits per heavy atom. The number of carbonyl (C=O) groups excluding carboxylic acids is 1. The number of amides is 1. The van der Waals surface area contributed by atoms with E-state index in [0.717, 1.165) is 25.2 Å². The summed E-state index contributed by atoms with van der Waals surface area (Å²) in [4.78, 5) is 23.0. The van der Waals surface area contributed by atoms with Crippen molar-refractivity contribution >= 4 is 17.4 Å². The molecule has 1 unspecified atom stereocenters. The highest BCUT2D eigenvalue weighted by atomic mass is 16.2. The highest BCUT2D eigenvalue weighted by Crippen LogP contribution is 2.19. The molecule has 1 amide bonds. The van der Waals surface area contributed by atoms with E-state index < -0.39 is 0 Å². The number of aromatic nitrogens is 2. The minimum absolute atomic E-state index is 0.0215. The lowest BCUT2D eigenvalue weighted by atomic mass is 10.0. The molecule has 1 aromatic carbocycles. The van der Waals surface area contributed by atoms with E-state index in [1.165, 1.54) is 17.5 Å². The van der Waals surface area contributed by atoms with E-state index in [9.17, 15) is 4.79 Å². The minimum atomic E-state index is -0.0215. The molecule has 0 radical (unpaired) electrons. The Bertz CT molecular complexity index is 727. The summed E-state index contributed by atoms with van der Waals surface area (Å²) >= 11 is 0. The van der Waals surface area contributed by atoms with Gasteiger partial charge in [-0.2, -0.15) is 0 Å². The first-order valence-electron chi connectivity index (χ1n) is 8.48. The number of piperidine rings is 1. The second kappa shape index (κ2) is 6.99. The Morgan fingerprint density at radius 1 is 1.21 bits per heavy atom. The van der Waals surface area contributed by atoms with Gasteiger partial charge in [0.05, 0.1) is 12.4 Å². The maximum Gasteiger partial charge on any atom is 0.274 e. The smallest absolute Gasteiger partial charge is 0.274 e. The monoisotopic (exact) mass is 324 g/mol. The predicted molar refractivity (Wildman–Crippen MR) is 95.5 cm³/mol. The van der Waals surface area contributed by atoms with Gasteiger partial charge in [-0.05, 0) is 55.9 Å². The lowest BCUT2D eigenvalue weighted by molar-refractivity contribution is 0.0676. The van der Waals surface area contributed by atoms with E-state index in [0.29, 0.717) is 17.4 Å². The molecule has 1 saturated heterocycles. The third-order valence-electron chi connectivity index (χ3n) is 4.59. The molecule has 1 fully saturated rings. The van der Waals surface area contributed by atoms with Gasteiger partial charge < -0.3 is 10.2 Å². The van der Waals surface area contributed by atoms with Gasteiger partial charge in [-0.15, -0.1) is 0 Å². The van der Waals surface area contributed by atoms with Crippen LogP contribution in [0.2, 0.25) is 0 Å². The van der Waals surface area contributed by atoms with Crippen LogP contribution in [-0.4, -0.2) is 33.9 Å². The topological polar surface area (TPSA) is 58.1 Å². The van der Waals surface area contributed by atoms with Crippen LogP contribution in [0.5, 0.6) is 0 Å². The number of anilines is 2. The molecule has 1 aliphatic heterocycles. The van der Waals surface area contributed by atoms with Crippen molar-refractivity contribution in [3.63, 3.8) is 0 Å². The molecule has 0 aliphatic carbocycles. The number of rotatable bonds is 3. The SMILES string of the molecule is Cc1ccc(Nc2cnc(C(=O)N3CCCC(C)C3)cn2)cc1C. The molecule has 5 heteroatoms. The largest absolute Gasteiger partial charge is 0.339 e. The molecule has 0 saturated carbocycles. The second-order valence-electron chi connectivity index (χ2n) is 6.71. The van der Waals surface area contributed by atoms with Crippen molar-refractivity contribution in [1.82, 2.24) is 14.9 Å². The lowest BCUT2D eigenvalue weighted by Crippen LogP contribution is -2.39. The van der Waals surface area contributed by atoms with E-state index in [2.05, 4.69) is 48.2 Å². The van der Waals surface area contributed by atoms with Crippen molar-refractivity contribution in [2.75, 3.05) is 18.4 Å². The first kappa shape index (κ1) is 16.4. The fourth-order valence-corrected chi connectivity index (χ4v) is 3.01. The Morgan fingerprint density at radius 3 is 2.71 bits per heavy atom. The average molecular weight is 324 g/mol. The molecule has 2 heterocycles. The van der Waals surface area contributed by atoms with Gasteiger partial charge in [0.2, 0.25) is 0 Å². The van der Waals surface area contributed by atoms with Crippen LogP contribution in [0.4, 0.5) is 11.5 Å². The van der Waals surface area contributed by atoms with Gasteiger partial charge in [0, 0.05) is 18.8 Å². The molecule has 1 aliphatic rings. The van der Waals surface area contributed by atoms with E-state index in [4.69, 9.17) is 0 Å². The normalized spacial score (nSPS) is 17.6. The van der Waals surface area contributed by atoms with Gasteiger partial charge >= 0.3 is 0 Å². The van der Waals surface area contributed by atoms with Gasteiger partial charge in [-0.1, -0.05) is 13.0 Å². The average Bonchev–Trinajstić information content (AvgIpc) is 2.58. The molecular weight excluding hydrogens is 300 g/mol. The zero-order valence-corrected chi connectivity index (χ0v) is 14.5. The number of nitrogens with one attached hydrogen (secondary N) is 1. The number of hydrogen-bond donors (Lipinski definition) is 1. The summed E-state index contributed by atoms with van der Waals surface area (Å²) in [5.74, 6) is 1.18. The molecule has 0 spiro atoms. The van der Waals surface area contributed by atoms with Crippen LogP contribution in [0.3, 0.4) is 0 Å². The van der Waals surface area contributed by atoms with Crippen molar-refractivity contribution in [2.45, 2.75) is 33.6 Å². The summed E-state index contributed by atoms with van der Waals surface area (Å²) in [6.45, 7) is 7.96. The minimum Gasteiger partial charge on any atom is -0.339 e. The third kappa shape index (κ3) is 3.72. The fourth-order valence-electron chi connectivity index (χ4n) is 3.01. The summed E-state index contributed by atoms with van der Waals surface area (Å²) in [5.41, 5.74) is 3.85. The Kier molecular flexibility index (Phi) is 4.79. The second-order valence-corrected chi connectivity index (χ2v) is 6.71. The molecule has 2 aromatic rings. The molecule has 5 nitrogen and oxygen atoms in total. The molecule has 1 N–H and O–H groups in total. The van der Waals surface area contributed by atoms with E-state index >= 15 is 0 Å². The summed E-state index contributed by atoms with van der Waals surface area (Å²) in [7, 11) is 0. The van der Waals surface area contributed by atoms with Gasteiger partial charge in [-0.25, -0.2) is 9.97 Å². The number of benzene rings is 1. The van der Waals surface area contributed by atoms with Crippen molar-refractivity contribution in [1.29, 1.82) is 0 Å². The van der Waals surface area contributed by atoms with Crippen LogP contribution < -0.4 is 5.32 Å². The van der Waals surface area contributed by atoms with Gasteiger partial charge in [0.25, 0.3) is 5.91 Å². The van der Waals surface area contributed by atoms with Gasteiger partial charge in [0.1, 0.15) is 11.5 Å².